The minimum Gasteiger partial charge on any atom is -0.379 e. The van der Waals surface area contributed by atoms with E-state index in [-0.39, 0.29) is 0 Å². The Balaban J connectivity index is 1.36. The molecule has 1 aromatic carbocycles. The van der Waals surface area contributed by atoms with Crippen LogP contribution in [0.3, 0.4) is 0 Å². The summed E-state index contributed by atoms with van der Waals surface area (Å²) in [6.07, 6.45) is 10.2. The molecule has 3 heterocycles. The van der Waals surface area contributed by atoms with Crippen LogP contribution in [0, 0.1) is 6.92 Å². The van der Waals surface area contributed by atoms with E-state index in [1.807, 2.05) is 12.4 Å². The molecule has 0 atom stereocenters. The van der Waals surface area contributed by atoms with Gasteiger partial charge in [0.05, 0.1) is 18.7 Å². The van der Waals surface area contributed by atoms with Gasteiger partial charge in [0.2, 0.25) is 0 Å². The average molecular weight is 404 g/mol. The summed E-state index contributed by atoms with van der Waals surface area (Å²) in [5.41, 5.74) is 4.58. The Morgan fingerprint density at radius 3 is 2.50 bits per heavy atom. The fraction of sp³-hybridized carbons (Fsp3) is 0.458. The van der Waals surface area contributed by atoms with E-state index in [1.54, 1.807) is 6.33 Å². The Hall–Kier alpha value is -2.57. The Kier molecular flexibility index (Phi) is 5.60. The largest absolute Gasteiger partial charge is 0.379 e. The number of pyridine rings is 1. The van der Waals surface area contributed by atoms with E-state index in [1.165, 1.54) is 42.4 Å². The Morgan fingerprint density at radius 2 is 1.73 bits per heavy atom. The first-order valence-corrected chi connectivity index (χ1v) is 11.0. The van der Waals surface area contributed by atoms with Crippen LogP contribution >= 0.6 is 0 Å². The minimum atomic E-state index is 0.462. The molecule has 1 aliphatic heterocycles. The van der Waals surface area contributed by atoms with E-state index in [0.29, 0.717) is 12.1 Å². The van der Waals surface area contributed by atoms with Crippen LogP contribution in [0.4, 0.5) is 5.82 Å². The summed E-state index contributed by atoms with van der Waals surface area (Å²) in [5.74, 6) is 0.961. The maximum atomic E-state index is 5.51. The van der Waals surface area contributed by atoms with Crippen molar-refractivity contribution in [3.05, 3.63) is 48.5 Å². The standard InChI is InChI=1S/C24H29N5O/c1-17-21(18-8-10-25-11-9-18)6-7-22-23(17)24(27-16-26-22)28-19-2-4-20(5-3-19)29-12-14-30-15-13-29/h6-11,16,19-20H,2-5,12-15H2,1H3,(H,26,27,28)/t19-,20-. The van der Waals surface area contributed by atoms with Gasteiger partial charge in [-0.25, -0.2) is 9.97 Å². The number of nitrogens with one attached hydrogen (secondary N) is 1. The second-order valence-corrected chi connectivity index (χ2v) is 8.39. The number of nitrogens with zero attached hydrogens (tertiary/aromatic N) is 4. The number of aryl methyl sites for hydroxylation is 1. The zero-order valence-corrected chi connectivity index (χ0v) is 17.6. The molecule has 30 heavy (non-hydrogen) atoms. The van der Waals surface area contributed by atoms with Crippen LogP contribution in [0.5, 0.6) is 0 Å². The quantitative estimate of drug-likeness (QED) is 0.709. The lowest BCUT2D eigenvalue weighted by molar-refractivity contribution is 0.00791. The normalized spacial score (nSPS) is 22.8. The SMILES string of the molecule is Cc1c(-c2ccncc2)ccc2ncnc(N[C@H]3CC[C@H](N4CCOCC4)CC3)c12. The summed E-state index contributed by atoms with van der Waals surface area (Å²) in [6.45, 7) is 6.09. The molecule has 1 N–H and O–H groups in total. The van der Waals surface area contributed by atoms with E-state index in [0.717, 1.165) is 43.0 Å². The second kappa shape index (κ2) is 8.66. The molecule has 2 fully saturated rings. The van der Waals surface area contributed by atoms with Crippen molar-refractivity contribution in [3.63, 3.8) is 0 Å². The summed E-state index contributed by atoms with van der Waals surface area (Å²) in [4.78, 5) is 15.9. The van der Waals surface area contributed by atoms with Crippen molar-refractivity contribution in [1.29, 1.82) is 0 Å². The first-order chi connectivity index (χ1) is 14.8. The fourth-order valence-electron chi connectivity index (χ4n) is 4.99. The molecule has 0 amide bonds. The Labute approximate surface area is 177 Å². The van der Waals surface area contributed by atoms with Crippen LogP contribution in [-0.2, 0) is 4.74 Å². The zero-order valence-electron chi connectivity index (χ0n) is 17.6. The molecular weight excluding hydrogens is 374 g/mol. The van der Waals surface area contributed by atoms with Crippen molar-refractivity contribution < 1.29 is 4.74 Å². The minimum absolute atomic E-state index is 0.462. The van der Waals surface area contributed by atoms with Crippen LogP contribution in [0.2, 0.25) is 0 Å². The van der Waals surface area contributed by atoms with E-state index in [4.69, 9.17) is 4.74 Å². The van der Waals surface area contributed by atoms with Gasteiger partial charge in [-0.2, -0.15) is 0 Å². The highest BCUT2D eigenvalue weighted by atomic mass is 16.5. The Bertz CT molecular complexity index is 995. The topological polar surface area (TPSA) is 63.2 Å². The van der Waals surface area contributed by atoms with Gasteiger partial charge in [-0.05, 0) is 67.5 Å². The zero-order chi connectivity index (χ0) is 20.3. The van der Waals surface area contributed by atoms with E-state index >= 15 is 0 Å². The lowest BCUT2D eigenvalue weighted by Crippen LogP contribution is -2.46. The number of benzene rings is 1. The first kappa shape index (κ1) is 19.4. The molecule has 0 bridgehead atoms. The predicted molar refractivity (Wildman–Crippen MR) is 120 cm³/mol. The smallest absolute Gasteiger partial charge is 0.137 e. The Morgan fingerprint density at radius 1 is 0.967 bits per heavy atom. The van der Waals surface area contributed by atoms with Gasteiger partial charge in [0, 0.05) is 43.0 Å². The van der Waals surface area contributed by atoms with Gasteiger partial charge in [-0.3, -0.25) is 9.88 Å². The highest BCUT2D eigenvalue weighted by Gasteiger charge is 2.27. The summed E-state index contributed by atoms with van der Waals surface area (Å²) >= 11 is 0. The molecule has 2 aromatic heterocycles. The fourth-order valence-corrected chi connectivity index (χ4v) is 4.99. The van der Waals surface area contributed by atoms with Gasteiger partial charge in [-0.15, -0.1) is 0 Å². The number of hydrogen-bond donors (Lipinski definition) is 1. The van der Waals surface area contributed by atoms with Gasteiger partial charge in [-0.1, -0.05) is 6.07 Å². The van der Waals surface area contributed by atoms with Crippen LogP contribution < -0.4 is 5.32 Å². The van der Waals surface area contributed by atoms with E-state index < -0.39 is 0 Å². The molecule has 3 aromatic rings. The highest BCUT2D eigenvalue weighted by molar-refractivity contribution is 5.96. The average Bonchev–Trinajstić information content (AvgIpc) is 2.81. The number of ether oxygens (including phenoxy) is 1. The molecule has 0 spiro atoms. The third-order valence-electron chi connectivity index (χ3n) is 6.65. The number of rotatable bonds is 4. The third-order valence-corrected chi connectivity index (χ3v) is 6.65. The number of anilines is 1. The molecule has 0 unspecified atom stereocenters. The predicted octanol–water partition coefficient (Wildman–Crippen LogP) is 4.06. The lowest BCUT2D eigenvalue weighted by Gasteiger charge is -2.39. The summed E-state index contributed by atoms with van der Waals surface area (Å²) < 4.78 is 5.51. The number of aromatic nitrogens is 3. The summed E-state index contributed by atoms with van der Waals surface area (Å²) in [7, 11) is 0. The molecule has 6 heteroatoms. The molecule has 0 radical (unpaired) electrons. The monoisotopic (exact) mass is 403 g/mol. The number of morpholine rings is 1. The molecule has 1 saturated heterocycles. The summed E-state index contributed by atoms with van der Waals surface area (Å²) in [5, 5.41) is 4.89. The van der Waals surface area contributed by atoms with Crippen LogP contribution in [0.1, 0.15) is 31.2 Å². The van der Waals surface area contributed by atoms with Crippen molar-refractivity contribution in [2.24, 2.45) is 0 Å². The summed E-state index contributed by atoms with van der Waals surface area (Å²) in [6, 6.07) is 9.52. The van der Waals surface area contributed by atoms with Crippen LogP contribution in [0.25, 0.3) is 22.0 Å². The first-order valence-electron chi connectivity index (χ1n) is 11.0. The molecule has 156 valence electrons. The highest BCUT2D eigenvalue weighted by Crippen LogP contribution is 2.33. The van der Waals surface area contributed by atoms with Crippen LogP contribution in [-0.4, -0.2) is 58.2 Å². The van der Waals surface area contributed by atoms with Gasteiger partial charge in [0.25, 0.3) is 0 Å². The van der Waals surface area contributed by atoms with Crippen molar-refractivity contribution in [1.82, 2.24) is 19.9 Å². The molecule has 2 aliphatic rings. The van der Waals surface area contributed by atoms with Gasteiger partial charge in [0.15, 0.2) is 0 Å². The van der Waals surface area contributed by atoms with E-state index in [9.17, 15) is 0 Å². The molecule has 5 rings (SSSR count). The molecular formula is C24H29N5O. The second-order valence-electron chi connectivity index (χ2n) is 8.39. The molecule has 6 nitrogen and oxygen atoms in total. The number of fused-ring (bicyclic) bond motifs is 1. The third kappa shape index (κ3) is 3.89. The lowest BCUT2D eigenvalue weighted by atomic mass is 9.89. The van der Waals surface area contributed by atoms with Crippen molar-refractivity contribution in [3.8, 4) is 11.1 Å². The van der Waals surface area contributed by atoms with Crippen molar-refractivity contribution in [2.45, 2.75) is 44.7 Å². The van der Waals surface area contributed by atoms with Gasteiger partial charge >= 0.3 is 0 Å². The van der Waals surface area contributed by atoms with Crippen molar-refractivity contribution in [2.75, 3.05) is 31.6 Å². The molecule has 1 aliphatic carbocycles. The van der Waals surface area contributed by atoms with Gasteiger partial charge in [0.1, 0.15) is 12.1 Å². The maximum Gasteiger partial charge on any atom is 0.137 e. The van der Waals surface area contributed by atoms with E-state index in [2.05, 4.69) is 56.4 Å². The van der Waals surface area contributed by atoms with Crippen LogP contribution in [0.15, 0.2) is 43.0 Å². The molecule has 1 saturated carbocycles. The van der Waals surface area contributed by atoms with Gasteiger partial charge < -0.3 is 10.1 Å². The van der Waals surface area contributed by atoms with Crippen molar-refractivity contribution >= 4 is 16.7 Å². The number of hydrogen-bond acceptors (Lipinski definition) is 6. The maximum absolute atomic E-state index is 5.51.